The Bertz CT molecular complexity index is 1440. The minimum atomic E-state index is -0.370. The van der Waals surface area contributed by atoms with Gasteiger partial charge in [0.2, 0.25) is 0 Å². The van der Waals surface area contributed by atoms with Crippen molar-refractivity contribution in [3.63, 3.8) is 0 Å². The van der Waals surface area contributed by atoms with Crippen LogP contribution >= 0.6 is 15.9 Å². The lowest BCUT2D eigenvalue weighted by Gasteiger charge is -2.28. The molecular formula is C24H22BrN3O3. The molecule has 2 aromatic carbocycles. The molecule has 6 nitrogen and oxygen atoms in total. The number of hydrogen-bond donors (Lipinski definition) is 0. The molecule has 0 fully saturated rings. The van der Waals surface area contributed by atoms with E-state index in [0.29, 0.717) is 24.1 Å². The normalized spacial score (nSPS) is 15.9. The summed E-state index contributed by atoms with van der Waals surface area (Å²) in [4.78, 5) is 26.2. The molecule has 0 spiro atoms. The SMILES string of the molecule is Cc1ccc(C2OCCn3c(-c4ccccc4Br)c4c(=O)n(C)c(=O)n(C)c4c32)cc1. The van der Waals surface area contributed by atoms with Crippen LogP contribution in [0.3, 0.4) is 0 Å². The lowest BCUT2D eigenvalue weighted by atomic mass is 10.0. The van der Waals surface area contributed by atoms with Crippen LogP contribution < -0.4 is 11.2 Å². The molecule has 7 heteroatoms. The standard InChI is InChI=1S/C24H22BrN3O3/c1-14-8-10-15(11-9-14)22-21-20-18(23(29)27(3)24(30)26(20)2)19(28(21)12-13-31-22)16-6-4-5-7-17(16)25/h4-11,22H,12-13H2,1-3H3. The fourth-order valence-corrected chi connectivity index (χ4v) is 4.98. The molecule has 1 unspecified atom stereocenters. The smallest absolute Gasteiger partial charge is 0.331 e. The largest absolute Gasteiger partial charge is 0.365 e. The highest BCUT2D eigenvalue weighted by Crippen LogP contribution is 2.42. The first-order chi connectivity index (χ1) is 14.9. The van der Waals surface area contributed by atoms with Gasteiger partial charge in [0.05, 0.1) is 28.9 Å². The highest BCUT2D eigenvalue weighted by atomic mass is 79.9. The summed E-state index contributed by atoms with van der Waals surface area (Å²) in [5.74, 6) is 0. The molecule has 0 saturated heterocycles. The molecule has 0 saturated carbocycles. The van der Waals surface area contributed by atoms with E-state index in [2.05, 4.69) is 32.6 Å². The Morgan fingerprint density at radius 2 is 1.71 bits per heavy atom. The van der Waals surface area contributed by atoms with Crippen LogP contribution in [0.2, 0.25) is 0 Å². The predicted molar refractivity (Wildman–Crippen MR) is 125 cm³/mol. The van der Waals surface area contributed by atoms with Crippen LogP contribution in [0.15, 0.2) is 62.6 Å². The van der Waals surface area contributed by atoms with Crippen molar-refractivity contribution in [2.45, 2.75) is 19.6 Å². The van der Waals surface area contributed by atoms with E-state index in [1.54, 1.807) is 11.6 Å². The van der Waals surface area contributed by atoms with Crippen molar-refractivity contribution in [2.24, 2.45) is 14.1 Å². The minimum Gasteiger partial charge on any atom is -0.365 e. The van der Waals surface area contributed by atoms with Crippen molar-refractivity contribution in [1.29, 1.82) is 0 Å². The second-order valence-electron chi connectivity index (χ2n) is 7.96. The summed E-state index contributed by atoms with van der Waals surface area (Å²) < 4.78 is 12.0. The van der Waals surface area contributed by atoms with Crippen LogP contribution in [0.4, 0.5) is 0 Å². The number of hydrogen-bond acceptors (Lipinski definition) is 3. The number of rotatable bonds is 2. The number of halogens is 1. The summed E-state index contributed by atoms with van der Waals surface area (Å²) in [6.45, 7) is 3.15. The Balaban J connectivity index is 1.96. The molecule has 0 amide bonds. The van der Waals surface area contributed by atoms with Crippen molar-refractivity contribution in [3.05, 3.63) is 90.7 Å². The van der Waals surface area contributed by atoms with Crippen molar-refractivity contribution in [2.75, 3.05) is 6.61 Å². The fourth-order valence-electron chi connectivity index (χ4n) is 4.51. The molecule has 1 atom stereocenters. The Kier molecular flexibility index (Phi) is 4.75. The number of benzene rings is 2. The third kappa shape index (κ3) is 2.95. The van der Waals surface area contributed by atoms with E-state index >= 15 is 0 Å². The lowest BCUT2D eigenvalue weighted by Crippen LogP contribution is -2.37. The van der Waals surface area contributed by atoms with Crippen molar-refractivity contribution in [1.82, 2.24) is 13.7 Å². The molecule has 1 aliphatic heterocycles. The Hall–Kier alpha value is -2.90. The summed E-state index contributed by atoms with van der Waals surface area (Å²) in [5.41, 5.74) is 4.71. The van der Waals surface area contributed by atoms with E-state index in [9.17, 15) is 9.59 Å². The van der Waals surface area contributed by atoms with Crippen LogP contribution in [0, 0.1) is 6.92 Å². The summed E-state index contributed by atoms with van der Waals surface area (Å²) in [7, 11) is 3.24. The number of aryl methyl sites for hydroxylation is 2. The molecule has 158 valence electrons. The van der Waals surface area contributed by atoms with Gasteiger partial charge >= 0.3 is 5.69 Å². The maximum absolute atomic E-state index is 13.4. The van der Waals surface area contributed by atoms with Gasteiger partial charge in [0, 0.05) is 30.7 Å². The fraction of sp³-hybridized carbons (Fsp3) is 0.250. The Morgan fingerprint density at radius 3 is 2.42 bits per heavy atom. The second kappa shape index (κ2) is 7.35. The third-order valence-electron chi connectivity index (χ3n) is 6.06. The lowest BCUT2D eigenvalue weighted by molar-refractivity contribution is 0.0478. The second-order valence-corrected chi connectivity index (χ2v) is 8.81. The molecule has 4 aromatic rings. The molecular weight excluding hydrogens is 458 g/mol. The highest BCUT2D eigenvalue weighted by molar-refractivity contribution is 9.10. The first-order valence-corrected chi connectivity index (χ1v) is 10.9. The summed E-state index contributed by atoms with van der Waals surface area (Å²) in [5, 5.41) is 0.536. The van der Waals surface area contributed by atoms with Crippen LogP contribution in [0.1, 0.15) is 22.9 Å². The summed E-state index contributed by atoms with van der Waals surface area (Å²) >= 11 is 3.65. The van der Waals surface area contributed by atoms with Crippen molar-refractivity contribution >= 4 is 26.8 Å². The molecule has 0 aliphatic carbocycles. The minimum absolute atomic E-state index is 0.298. The zero-order valence-corrected chi connectivity index (χ0v) is 19.1. The van der Waals surface area contributed by atoms with Crippen LogP contribution in [-0.2, 0) is 25.4 Å². The summed E-state index contributed by atoms with van der Waals surface area (Å²) in [6, 6.07) is 16.1. The van der Waals surface area contributed by atoms with E-state index < -0.39 is 0 Å². The van der Waals surface area contributed by atoms with Crippen LogP contribution in [0.5, 0.6) is 0 Å². The molecule has 0 bridgehead atoms. The molecule has 3 heterocycles. The van der Waals surface area contributed by atoms with E-state index in [-0.39, 0.29) is 17.4 Å². The van der Waals surface area contributed by atoms with Gasteiger partial charge in [-0.25, -0.2) is 4.79 Å². The van der Waals surface area contributed by atoms with Gasteiger partial charge in [-0.2, -0.15) is 0 Å². The van der Waals surface area contributed by atoms with Gasteiger partial charge in [0.25, 0.3) is 5.56 Å². The first kappa shape index (κ1) is 20.0. The van der Waals surface area contributed by atoms with Gasteiger partial charge in [0.15, 0.2) is 0 Å². The monoisotopic (exact) mass is 479 g/mol. The quantitative estimate of drug-likeness (QED) is 0.438. The zero-order chi connectivity index (χ0) is 21.9. The average Bonchev–Trinajstić information content (AvgIpc) is 3.12. The number of fused-ring (bicyclic) bond motifs is 3. The van der Waals surface area contributed by atoms with Gasteiger partial charge in [0.1, 0.15) is 6.10 Å². The van der Waals surface area contributed by atoms with E-state index in [1.807, 2.05) is 43.3 Å². The van der Waals surface area contributed by atoms with E-state index in [1.165, 1.54) is 11.6 Å². The molecule has 31 heavy (non-hydrogen) atoms. The van der Waals surface area contributed by atoms with E-state index in [4.69, 9.17) is 4.74 Å². The summed E-state index contributed by atoms with van der Waals surface area (Å²) in [6.07, 6.45) is -0.370. The van der Waals surface area contributed by atoms with Gasteiger partial charge in [-0.3, -0.25) is 13.9 Å². The van der Waals surface area contributed by atoms with E-state index in [0.717, 1.165) is 32.6 Å². The van der Waals surface area contributed by atoms with Crippen molar-refractivity contribution < 1.29 is 4.74 Å². The Labute approximate surface area is 187 Å². The first-order valence-electron chi connectivity index (χ1n) is 10.1. The molecule has 1 aliphatic rings. The Morgan fingerprint density at radius 1 is 1.00 bits per heavy atom. The molecule has 2 aromatic heterocycles. The van der Waals surface area contributed by atoms with Gasteiger partial charge in [-0.15, -0.1) is 0 Å². The molecule has 0 radical (unpaired) electrons. The number of aromatic nitrogens is 3. The number of nitrogens with zero attached hydrogens (tertiary/aromatic N) is 3. The molecule has 0 N–H and O–H groups in total. The predicted octanol–water partition coefficient (Wildman–Crippen LogP) is 3.90. The van der Waals surface area contributed by atoms with Crippen molar-refractivity contribution in [3.8, 4) is 11.3 Å². The topological polar surface area (TPSA) is 58.2 Å². The maximum Gasteiger partial charge on any atom is 0.331 e. The van der Waals surface area contributed by atoms with Gasteiger partial charge in [-0.1, -0.05) is 64.0 Å². The molecule has 5 rings (SSSR count). The van der Waals surface area contributed by atoms with Gasteiger partial charge < -0.3 is 9.30 Å². The zero-order valence-electron chi connectivity index (χ0n) is 17.6. The van der Waals surface area contributed by atoms with Crippen LogP contribution in [-0.4, -0.2) is 20.3 Å². The average molecular weight is 480 g/mol. The van der Waals surface area contributed by atoms with Crippen LogP contribution in [0.25, 0.3) is 22.2 Å². The third-order valence-corrected chi connectivity index (χ3v) is 6.75. The number of ether oxygens (including phenoxy) is 1. The highest BCUT2D eigenvalue weighted by Gasteiger charge is 2.33. The maximum atomic E-state index is 13.4. The van der Waals surface area contributed by atoms with Gasteiger partial charge in [-0.05, 0) is 18.6 Å².